The number of Topliss-reactive ketones (excluding diaryl/α,β-unsaturated/α-hetero) is 1. The molecule has 0 aliphatic rings. The van der Waals surface area contributed by atoms with Gasteiger partial charge in [0.25, 0.3) is 0 Å². The van der Waals surface area contributed by atoms with Crippen molar-refractivity contribution in [1.29, 1.82) is 0 Å². The largest absolute Gasteiger partial charge is 0.330 e. The molecule has 0 spiro atoms. The van der Waals surface area contributed by atoms with Crippen LogP contribution in [0.3, 0.4) is 0 Å². The van der Waals surface area contributed by atoms with Crippen molar-refractivity contribution in [3.05, 3.63) is 35.4 Å². The van der Waals surface area contributed by atoms with E-state index >= 15 is 0 Å². The maximum absolute atomic E-state index is 12.1. The summed E-state index contributed by atoms with van der Waals surface area (Å²) in [6.07, 6.45) is 3.17. The molecule has 0 aromatic heterocycles. The maximum atomic E-state index is 12.1. The van der Waals surface area contributed by atoms with Crippen LogP contribution in [0.1, 0.15) is 51.2 Å². The Labute approximate surface area is 123 Å². The number of carbonyl (C=O) groups excluding carboxylic acids is 1. The number of hydrogen-bond donors (Lipinski definition) is 1. The van der Waals surface area contributed by atoms with Crippen molar-refractivity contribution in [3.8, 4) is 0 Å². The van der Waals surface area contributed by atoms with Crippen LogP contribution < -0.4 is 5.73 Å². The number of aryl methyl sites for hydroxylation is 1. The average Bonchev–Trinajstić information content (AvgIpc) is 2.33. The van der Waals surface area contributed by atoms with E-state index in [9.17, 15) is 4.79 Å². The Hall–Kier alpha value is -1.15. The van der Waals surface area contributed by atoms with Gasteiger partial charge in [-0.3, -0.25) is 4.79 Å². The van der Waals surface area contributed by atoms with Crippen LogP contribution in [0.2, 0.25) is 0 Å². The number of carbonyl (C=O) groups is 1. The van der Waals surface area contributed by atoms with Gasteiger partial charge in [0.1, 0.15) is 5.78 Å². The molecule has 1 aromatic carbocycles. The quantitative estimate of drug-likeness (QED) is 0.820. The van der Waals surface area contributed by atoms with E-state index in [1.807, 2.05) is 12.1 Å². The van der Waals surface area contributed by atoms with Crippen molar-refractivity contribution in [2.75, 3.05) is 6.54 Å². The average molecular weight is 275 g/mol. The number of benzene rings is 1. The molecule has 1 aromatic rings. The first kappa shape index (κ1) is 16.9. The topological polar surface area (TPSA) is 43.1 Å². The third-order valence-electron chi connectivity index (χ3n) is 4.00. The second kappa shape index (κ2) is 7.58. The fourth-order valence-electron chi connectivity index (χ4n) is 2.68. The fourth-order valence-corrected chi connectivity index (χ4v) is 2.68. The normalized spacial score (nSPS) is 13.2. The van der Waals surface area contributed by atoms with E-state index in [1.54, 1.807) is 0 Å². The van der Waals surface area contributed by atoms with Gasteiger partial charge in [-0.25, -0.2) is 0 Å². The van der Waals surface area contributed by atoms with Gasteiger partial charge in [0.15, 0.2) is 0 Å². The van der Waals surface area contributed by atoms with E-state index in [1.165, 1.54) is 5.56 Å². The molecule has 1 unspecified atom stereocenters. The lowest BCUT2D eigenvalue weighted by Gasteiger charge is -2.30. The molecule has 2 N–H and O–H groups in total. The van der Waals surface area contributed by atoms with Crippen LogP contribution in [0.5, 0.6) is 0 Å². The molecule has 0 saturated heterocycles. The Balaban J connectivity index is 2.50. The minimum atomic E-state index is 0.225. The molecule has 0 aliphatic heterocycles. The van der Waals surface area contributed by atoms with Crippen LogP contribution in [0.4, 0.5) is 0 Å². The Morgan fingerprint density at radius 3 is 2.50 bits per heavy atom. The second-order valence-electron chi connectivity index (χ2n) is 6.88. The molecule has 0 fully saturated rings. The second-order valence-corrected chi connectivity index (χ2v) is 6.88. The van der Waals surface area contributed by atoms with Crippen molar-refractivity contribution in [2.24, 2.45) is 17.1 Å². The lowest BCUT2D eigenvalue weighted by atomic mass is 9.76. The summed E-state index contributed by atoms with van der Waals surface area (Å²) in [6, 6.07) is 8.21. The zero-order chi connectivity index (χ0) is 15.2. The molecule has 0 bridgehead atoms. The van der Waals surface area contributed by atoms with Gasteiger partial charge in [-0.05, 0) is 43.2 Å². The van der Waals surface area contributed by atoms with E-state index in [4.69, 9.17) is 5.73 Å². The van der Waals surface area contributed by atoms with Gasteiger partial charge in [0.2, 0.25) is 0 Å². The summed E-state index contributed by atoms with van der Waals surface area (Å²) >= 11 is 0. The zero-order valence-electron chi connectivity index (χ0n) is 13.4. The summed E-state index contributed by atoms with van der Waals surface area (Å²) < 4.78 is 0. The Bertz CT molecular complexity index is 431. The first-order valence-corrected chi connectivity index (χ1v) is 7.60. The van der Waals surface area contributed by atoms with E-state index in [0.29, 0.717) is 31.1 Å². The molecular weight excluding hydrogens is 246 g/mol. The smallest absolute Gasteiger partial charge is 0.137 e. The minimum Gasteiger partial charge on any atom is -0.330 e. The highest BCUT2D eigenvalue weighted by Crippen LogP contribution is 2.32. The standard InChI is InChI=1S/C18H29NO/c1-14-6-5-7-15(12-14)13-17(20)9-8-16(10-11-19)18(2,3)4/h5-7,12,16H,8-11,13,19H2,1-4H3. The van der Waals surface area contributed by atoms with Gasteiger partial charge in [0.05, 0.1) is 0 Å². The summed E-state index contributed by atoms with van der Waals surface area (Å²) in [5, 5.41) is 0. The molecule has 0 amide bonds. The summed E-state index contributed by atoms with van der Waals surface area (Å²) in [5.41, 5.74) is 8.25. The van der Waals surface area contributed by atoms with Crippen LogP contribution in [0.25, 0.3) is 0 Å². The van der Waals surface area contributed by atoms with Gasteiger partial charge >= 0.3 is 0 Å². The van der Waals surface area contributed by atoms with Crippen molar-refractivity contribution < 1.29 is 4.79 Å². The zero-order valence-corrected chi connectivity index (χ0v) is 13.4. The first-order chi connectivity index (χ1) is 9.32. The van der Waals surface area contributed by atoms with Crippen molar-refractivity contribution >= 4 is 5.78 Å². The highest BCUT2D eigenvalue weighted by Gasteiger charge is 2.24. The van der Waals surface area contributed by atoms with E-state index in [0.717, 1.165) is 18.4 Å². The predicted octanol–water partition coefficient (Wildman–Crippen LogP) is 3.90. The van der Waals surface area contributed by atoms with Gasteiger partial charge < -0.3 is 5.73 Å². The minimum absolute atomic E-state index is 0.225. The van der Waals surface area contributed by atoms with E-state index in [2.05, 4.69) is 39.8 Å². The summed E-state index contributed by atoms with van der Waals surface area (Å²) in [6.45, 7) is 9.47. The third-order valence-corrected chi connectivity index (χ3v) is 4.00. The lowest BCUT2D eigenvalue weighted by molar-refractivity contribution is -0.118. The number of hydrogen-bond acceptors (Lipinski definition) is 2. The molecule has 2 nitrogen and oxygen atoms in total. The first-order valence-electron chi connectivity index (χ1n) is 7.60. The van der Waals surface area contributed by atoms with E-state index in [-0.39, 0.29) is 5.41 Å². The SMILES string of the molecule is Cc1cccc(CC(=O)CCC(CCN)C(C)(C)C)c1. The van der Waals surface area contributed by atoms with Crippen LogP contribution in [0.15, 0.2) is 24.3 Å². The molecule has 0 heterocycles. The van der Waals surface area contributed by atoms with Crippen LogP contribution in [-0.4, -0.2) is 12.3 Å². The van der Waals surface area contributed by atoms with Gasteiger partial charge in [-0.2, -0.15) is 0 Å². The van der Waals surface area contributed by atoms with E-state index < -0.39 is 0 Å². The molecular formula is C18H29NO. The molecule has 1 atom stereocenters. The predicted molar refractivity (Wildman–Crippen MR) is 85.7 cm³/mol. The van der Waals surface area contributed by atoms with Gasteiger partial charge in [-0.1, -0.05) is 50.6 Å². The monoisotopic (exact) mass is 275 g/mol. The number of nitrogens with two attached hydrogens (primary N) is 1. The summed E-state index contributed by atoms with van der Waals surface area (Å²) in [5.74, 6) is 0.857. The van der Waals surface area contributed by atoms with Crippen LogP contribution in [-0.2, 0) is 11.2 Å². The molecule has 1 rings (SSSR count). The van der Waals surface area contributed by atoms with Crippen LogP contribution >= 0.6 is 0 Å². The molecule has 2 heteroatoms. The highest BCUT2D eigenvalue weighted by molar-refractivity contribution is 5.80. The fraction of sp³-hybridized carbons (Fsp3) is 0.611. The van der Waals surface area contributed by atoms with Crippen LogP contribution in [0, 0.1) is 18.3 Å². The molecule has 0 aliphatic carbocycles. The third kappa shape index (κ3) is 5.87. The number of ketones is 1. The van der Waals surface area contributed by atoms with Gasteiger partial charge in [-0.15, -0.1) is 0 Å². The van der Waals surface area contributed by atoms with Crippen molar-refractivity contribution in [1.82, 2.24) is 0 Å². The molecule has 0 saturated carbocycles. The highest BCUT2D eigenvalue weighted by atomic mass is 16.1. The molecule has 20 heavy (non-hydrogen) atoms. The van der Waals surface area contributed by atoms with Gasteiger partial charge in [0, 0.05) is 12.8 Å². The van der Waals surface area contributed by atoms with Crippen molar-refractivity contribution in [2.45, 2.75) is 53.4 Å². The number of rotatable bonds is 7. The summed E-state index contributed by atoms with van der Waals surface area (Å²) in [7, 11) is 0. The lowest BCUT2D eigenvalue weighted by Crippen LogP contribution is -2.24. The van der Waals surface area contributed by atoms with Crippen molar-refractivity contribution in [3.63, 3.8) is 0 Å². The maximum Gasteiger partial charge on any atom is 0.137 e. The molecule has 112 valence electrons. The Kier molecular flexibility index (Phi) is 6.41. The summed E-state index contributed by atoms with van der Waals surface area (Å²) in [4.78, 5) is 12.1. The Morgan fingerprint density at radius 1 is 1.25 bits per heavy atom. The molecule has 0 radical (unpaired) electrons. The Morgan fingerprint density at radius 2 is 1.95 bits per heavy atom.